The maximum Gasteiger partial charge on any atom is 0.260 e. The van der Waals surface area contributed by atoms with E-state index in [1.807, 2.05) is 44.2 Å². The molecule has 1 aliphatic carbocycles. The number of carbonyl (C=O) groups excluding carboxylic acids is 2. The number of hydrogen-bond donors (Lipinski definition) is 1. The zero-order valence-electron chi connectivity index (χ0n) is 17.2. The third-order valence-corrected chi connectivity index (χ3v) is 4.96. The Morgan fingerprint density at radius 1 is 1.10 bits per heavy atom. The van der Waals surface area contributed by atoms with E-state index in [2.05, 4.69) is 5.32 Å². The lowest BCUT2D eigenvalue weighted by Gasteiger charge is -2.22. The fourth-order valence-electron chi connectivity index (χ4n) is 3.25. The molecule has 154 valence electrons. The molecule has 0 aromatic heterocycles. The molecule has 6 nitrogen and oxygen atoms in total. The van der Waals surface area contributed by atoms with Crippen molar-refractivity contribution in [1.29, 1.82) is 0 Å². The fraction of sp³-hybridized carbons (Fsp3) is 0.391. The van der Waals surface area contributed by atoms with Crippen LogP contribution in [0.5, 0.6) is 11.5 Å². The van der Waals surface area contributed by atoms with E-state index >= 15 is 0 Å². The number of methoxy groups -OCH3 is 1. The topological polar surface area (TPSA) is 67.9 Å². The van der Waals surface area contributed by atoms with Gasteiger partial charge in [-0.1, -0.05) is 29.8 Å². The largest absolute Gasteiger partial charge is 0.493 e. The minimum absolute atomic E-state index is 0.0738. The Balaban J connectivity index is 1.53. The van der Waals surface area contributed by atoms with Crippen LogP contribution in [0.15, 0.2) is 42.5 Å². The van der Waals surface area contributed by atoms with Crippen LogP contribution in [-0.2, 0) is 9.59 Å². The second-order valence-corrected chi connectivity index (χ2v) is 7.37. The van der Waals surface area contributed by atoms with Gasteiger partial charge in [0.15, 0.2) is 18.1 Å². The first kappa shape index (κ1) is 20.7. The summed E-state index contributed by atoms with van der Waals surface area (Å²) in [5, 5.41) is 2.94. The summed E-state index contributed by atoms with van der Waals surface area (Å²) in [4.78, 5) is 26.8. The van der Waals surface area contributed by atoms with Crippen LogP contribution in [0.1, 0.15) is 30.4 Å². The van der Waals surface area contributed by atoms with Crippen LogP contribution in [-0.4, -0.2) is 43.0 Å². The molecular weight excluding hydrogens is 368 g/mol. The molecule has 0 atom stereocenters. The van der Waals surface area contributed by atoms with E-state index in [9.17, 15) is 9.59 Å². The van der Waals surface area contributed by atoms with Gasteiger partial charge < -0.3 is 19.7 Å². The standard InChI is InChI=1S/C23H28N2O4/c1-16-8-11-19(17(2)14-16)24-22(26)12-13-25(18-9-10-18)23(27)15-29-21-7-5-4-6-20(21)28-3/h4-8,11,14,18H,9-10,12-13,15H2,1-3H3,(H,24,26). The Labute approximate surface area is 171 Å². The van der Waals surface area contributed by atoms with Gasteiger partial charge in [-0.25, -0.2) is 0 Å². The number of benzene rings is 2. The molecule has 2 aromatic rings. The highest BCUT2D eigenvalue weighted by Crippen LogP contribution is 2.29. The zero-order chi connectivity index (χ0) is 20.8. The second-order valence-electron chi connectivity index (χ2n) is 7.37. The zero-order valence-corrected chi connectivity index (χ0v) is 17.2. The van der Waals surface area contributed by atoms with Crippen molar-refractivity contribution in [2.24, 2.45) is 0 Å². The highest BCUT2D eigenvalue weighted by atomic mass is 16.5. The molecule has 0 saturated heterocycles. The van der Waals surface area contributed by atoms with E-state index in [1.165, 1.54) is 0 Å². The molecule has 1 N–H and O–H groups in total. The van der Waals surface area contributed by atoms with Crippen molar-refractivity contribution in [3.05, 3.63) is 53.6 Å². The summed E-state index contributed by atoms with van der Waals surface area (Å²) in [7, 11) is 1.56. The normalized spacial score (nSPS) is 12.9. The lowest BCUT2D eigenvalue weighted by atomic mass is 10.1. The smallest absolute Gasteiger partial charge is 0.260 e. The highest BCUT2D eigenvalue weighted by molar-refractivity contribution is 5.92. The van der Waals surface area contributed by atoms with E-state index in [0.29, 0.717) is 18.0 Å². The predicted octanol–water partition coefficient (Wildman–Crippen LogP) is 3.71. The SMILES string of the molecule is COc1ccccc1OCC(=O)N(CCC(=O)Nc1ccc(C)cc1C)C1CC1. The molecule has 3 rings (SSSR count). The van der Waals surface area contributed by atoms with Crippen LogP contribution in [0.2, 0.25) is 0 Å². The molecule has 6 heteroatoms. The van der Waals surface area contributed by atoms with Crippen molar-refractivity contribution in [3.8, 4) is 11.5 Å². The fourth-order valence-corrected chi connectivity index (χ4v) is 3.25. The third kappa shape index (κ3) is 5.73. The van der Waals surface area contributed by atoms with Crippen LogP contribution in [0.4, 0.5) is 5.69 Å². The number of carbonyl (C=O) groups is 2. The number of anilines is 1. The van der Waals surface area contributed by atoms with Crippen molar-refractivity contribution < 1.29 is 19.1 Å². The van der Waals surface area contributed by atoms with Crippen molar-refractivity contribution in [3.63, 3.8) is 0 Å². The molecule has 1 fully saturated rings. The Hall–Kier alpha value is -3.02. The molecule has 0 radical (unpaired) electrons. The lowest BCUT2D eigenvalue weighted by Crippen LogP contribution is -2.38. The number of rotatable bonds is 9. The Bertz CT molecular complexity index is 877. The summed E-state index contributed by atoms with van der Waals surface area (Å²) in [6.07, 6.45) is 2.20. The van der Waals surface area contributed by atoms with Crippen LogP contribution in [0, 0.1) is 13.8 Å². The summed E-state index contributed by atoms with van der Waals surface area (Å²) in [6.45, 7) is 4.30. The maximum absolute atomic E-state index is 12.7. The van der Waals surface area contributed by atoms with Gasteiger partial charge in [0.2, 0.25) is 5.91 Å². The van der Waals surface area contributed by atoms with Gasteiger partial charge in [0.05, 0.1) is 7.11 Å². The molecule has 0 bridgehead atoms. The number of nitrogens with one attached hydrogen (secondary N) is 1. The van der Waals surface area contributed by atoms with Crippen molar-refractivity contribution in [2.45, 2.75) is 39.2 Å². The molecule has 0 aliphatic heterocycles. The molecular formula is C23H28N2O4. The maximum atomic E-state index is 12.7. The Morgan fingerprint density at radius 2 is 1.83 bits per heavy atom. The van der Waals surface area contributed by atoms with Crippen LogP contribution in [0.3, 0.4) is 0 Å². The highest BCUT2D eigenvalue weighted by Gasteiger charge is 2.32. The average molecular weight is 396 g/mol. The average Bonchev–Trinajstić information content (AvgIpc) is 3.54. The van der Waals surface area contributed by atoms with Crippen LogP contribution >= 0.6 is 0 Å². The summed E-state index contributed by atoms with van der Waals surface area (Å²) >= 11 is 0. The second kappa shape index (κ2) is 9.45. The number of ether oxygens (including phenoxy) is 2. The summed E-state index contributed by atoms with van der Waals surface area (Å²) in [5.41, 5.74) is 2.99. The number of para-hydroxylation sites is 2. The minimum Gasteiger partial charge on any atom is -0.493 e. The van der Waals surface area contributed by atoms with Gasteiger partial charge in [-0.05, 0) is 50.5 Å². The molecule has 0 heterocycles. The van der Waals surface area contributed by atoms with Gasteiger partial charge in [0.25, 0.3) is 5.91 Å². The van der Waals surface area contributed by atoms with Gasteiger partial charge >= 0.3 is 0 Å². The van der Waals surface area contributed by atoms with E-state index in [-0.39, 0.29) is 30.9 Å². The molecule has 0 spiro atoms. The number of nitrogens with zero attached hydrogens (tertiary/aromatic N) is 1. The molecule has 1 saturated carbocycles. The van der Waals surface area contributed by atoms with E-state index in [0.717, 1.165) is 29.7 Å². The summed E-state index contributed by atoms with van der Waals surface area (Å²) < 4.78 is 10.9. The van der Waals surface area contributed by atoms with Crippen molar-refractivity contribution >= 4 is 17.5 Å². The third-order valence-electron chi connectivity index (χ3n) is 4.96. The molecule has 29 heavy (non-hydrogen) atoms. The minimum atomic E-state index is -0.113. The quantitative estimate of drug-likeness (QED) is 0.702. The number of amides is 2. The van der Waals surface area contributed by atoms with E-state index in [4.69, 9.17) is 9.47 Å². The molecule has 1 aliphatic rings. The van der Waals surface area contributed by atoms with Gasteiger partial charge in [0, 0.05) is 24.7 Å². The number of hydrogen-bond acceptors (Lipinski definition) is 4. The molecule has 2 aromatic carbocycles. The monoisotopic (exact) mass is 396 g/mol. The van der Waals surface area contributed by atoms with Crippen LogP contribution in [0.25, 0.3) is 0 Å². The van der Waals surface area contributed by atoms with Crippen molar-refractivity contribution in [1.82, 2.24) is 4.90 Å². The first-order valence-corrected chi connectivity index (χ1v) is 9.90. The predicted molar refractivity (Wildman–Crippen MR) is 112 cm³/mol. The lowest BCUT2D eigenvalue weighted by molar-refractivity contribution is -0.134. The first-order valence-electron chi connectivity index (χ1n) is 9.90. The van der Waals surface area contributed by atoms with Gasteiger partial charge in [-0.15, -0.1) is 0 Å². The summed E-state index contributed by atoms with van der Waals surface area (Å²) in [5.74, 6) is 0.913. The Morgan fingerprint density at radius 3 is 2.48 bits per heavy atom. The van der Waals surface area contributed by atoms with Gasteiger partial charge in [-0.2, -0.15) is 0 Å². The first-order chi connectivity index (χ1) is 14.0. The number of aryl methyl sites for hydroxylation is 2. The van der Waals surface area contributed by atoms with E-state index in [1.54, 1.807) is 24.1 Å². The molecule has 2 amide bonds. The van der Waals surface area contributed by atoms with Gasteiger partial charge in [-0.3, -0.25) is 9.59 Å². The molecule has 0 unspecified atom stereocenters. The summed E-state index contributed by atoms with van der Waals surface area (Å²) in [6, 6.07) is 13.4. The van der Waals surface area contributed by atoms with Crippen molar-refractivity contribution in [2.75, 3.05) is 25.6 Å². The van der Waals surface area contributed by atoms with Gasteiger partial charge in [0.1, 0.15) is 0 Å². The van der Waals surface area contributed by atoms with Crippen LogP contribution < -0.4 is 14.8 Å². The van der Waals surface area contributed by atoms with E-state index < -0.39 is 0 Å². The Kier molecular flexibility index (Phi) is 6.75.